The Morgan fingerprint density at radius 3 is 2.68 bits per heavy atom. The fourth-order valence-electron chi connectivity index (χ4n) is 2.57. The van der Waals surface area contributed by atoms with E-state index in [1.165, 1.54) is 0 Å². The summed E-state index contributed by atoms with van der Waals surface area (Å²) in [7, 11) is 0. The summed E-state index contributed by atoms with van der Waals surface area (Å²) in [6.07, 6.45) is 3.87. The zero-order valence-electron chi connectivity index (χ0n) is 13.2. The van der Waals surface area contributed by atoms with Gasteiger partial charge in [-0.25, -0.2) is 4.98 Å². The molecule has 1 aliphatic heterocycles. The van der Waals surface area contributed by atoms with E-state index in [1.807, 2.05) is 20.8 Å². The third-order valence-electron chi connectivity index (χ3n) is 3.77. The van der Waals surface area contributed by atoms with E-state index in [0.717, 1.165) is 37.3 Å². The summed E-state index contributed by atoms with van der Waals surface area (Å²) in [6.45, 7) is 8.28. The summed E-state index contributed by atoms with van der Waals surface area (Å²) >= 11 is 0. The lowest BCUT2D eigenvalue weighted by atomic mass is 10.1. The normalized spacial score (nSPS) is 16.9. The molecule has 118 valence electrons. The molecule has 0 saturated carbocycles. The third kappa shape index (κ3) is 3.59. The lowest BCUT2D eigenvalue weighted by Crippen LogP contribution is -2.38. The van der Waals surface area contributed by atoms with Crippen molar-refractivity contribution in [3.63, 3.8) is 0 Å². The minimum absolute atomic E-state index is 0.190. The monoisotopic (exact) mass is 303 g/mol. The maximum Gasteiger partial charge on any atom is 0.240 e. The standard InChI is InChI=1S/C15H21N5O2/c1-10-8-16-11(2)15(17-10)21-13-4-6-20(7-5-13)9-14-18-12(3)19-22-14/h8,13H,4-7,9H2,1-3H3. The number of hydrogen-bond donors (Lipinski definition) is 0. The third-order valence-corrected chi connectivity index (χ3v) is 3.77. The van der Waals surface area contributed by atoms with Crippen molar-refractivity contribution in [2.24, 2.45) is 0 Å². The van der Waals surface area contributed by atoms with Gasteiger partial charge in [0.15, 0.2) is 5.82 Å². The van der Waals surface area contributed by atoms with Crippen LogP contribution < -0.4 is 4.74 Å². The second kappa shape index (κ2) is 6.39. The van der Waals surface area contributed by atoms with Crippen LogP contribution in [0.5, 0.6) is 5.88 Å². The van der Waals surface area contributed by atoms with E-state index in [0.29, 0.717) is 24.1 Å². The Labute approximate surface area is 129 Å². The van der Waals surface area contributed by atoms with Crippen molar-refractivity contribution in [3.05, 3.63) is 29.3 Å². The highest BCUT2D eigenvalue weighted by atomic mass is 16.5. The molecule has 1 saturated heterocycles. The fourth-order valence-corrected chi connectivity index (χ4v) is 2.57. The first-order valence-electron chi connectivity index (χ1n) is 7.58. The molecular formula is C15H21N5O2. The van der Waals surface area contributed by atoms with E-state index in [9.17, 15) is 0 Å². The van der Waals surface area contributed by atoms with Gasteiger partial charge in [-0.3, -0.25) is 9.88 Å². The Morgan fingerprint density at radius 1 is 1.23 bits per heavy atom. The molecule has 0 spiro atoms. The molecule has 7 nitrogen and oxygen atoms in total. The fraction of sp³-hybridized carbons (Fsp3) is 0.600. The maximum absolute atomic E-state index is 6.02. The smallest absolute Gasteiger partial charge is 0.240 e. The molecule has 0 atom stereocenters. The first-order chi connectivity index (χ1) is 10.6. The lowest BCUT2D eigenvalue weighted by Gasteiger charge is -2.31. The van der Waals surface area contributed by atoms with Gasteiger partial charge in [0, 0.05) is 19.3 Å². The number of aryl methyl sites for hydroxylation is 3. The van der Waals surface area contributed by atoms with E-state index in [1.54, 1.807) is 6.20 Å². The van der Waals surface area contributed by atoms with Crippen LogP contribution in [0, 0.1) is 20.8 Å². The van der Waals surface area contributed by atoms with Crippen LogP contribution >= 0.6 is 0 Å². The predicted molar refractivity (Wildman–Crippen MR) is 79.5 cm³/mol. The second-order valence-electron chi connectivity index (χ2n) is 5.73. The molecule has 2 aromatic heterocycles. The highest BCUT2D eigenvalue weighted by Crippen LogP contribution is 2.20. The molecular weight excluding hydrogens is 282 g/mol. The first kappa shape index (κ1) is 14.9. The van der Waals surface area contributed by atoms with Gasteiger partial charge in [-0.1, -0.05) is 5.16 Å². The van der Waals surface area contributed by atoms with Crippen molar-refractivity contribution in [1.82, 2.24) is 25.0 Å². The molecule has 0 amide bonds. The maximum atomic E-state index is 6.02. The van der Waals surface area contributed by atoms with Gasteiger partial charge in [-0.2, -0.15) is 4.98 Å². The quantitative estimate of drug-likeness (QED) is 0.852. The van der Waals surface area contributed by atoms with Crippen molar-refractivity contribution in [2.75, 3.05) is 13.1 Å². The zero-order valence-corrected chi connectivity index (χ0v) is 13.2. The summed E-state index contributed by atoms with van der Waals surface area (Å²) in [5, 5.41) is 3.82. The Kier molecular flexibility index (Phi) is 4.33. The largest absolute Gasteiger partial charge is 0.473 e. The van der Waals surface area contributed by atoms with E-state index in [2.05, 4.69) is 25.0 Å². The van der Waals surface area contributed by atoms with Crippen molar-refractivity contribution in [3.8, 4) is 5.88 Å². The van der Waals surface area contributed by atoms with Gasteiger partial charge in [0.1, 0.15) is 6.10 Å². The van der Waals surface area contributed by atoms with Gasteiger partial charge in [0.05, 0.1) is 17.9 Å². The predicted octanol–water partition coefficient (Wildman–Crippen LogP) is 1.83. The number of ether oxygens (including phenoxy) is 1. The van der Waals surface area contributed by atoms with Crippen molar-refractivity contribution in [2.45, 2.75) is 46.3 Å². The number of nitrogens with zero attached hydrogens (tertiary/aromatic N) is 5. The van der Waals surface area contributed by atoms with E-state index < -0.39 is 0 Å². The molecule has 0 aromatic carbocycles. The van der Waals surface area contributed by atoms with Gasteiger partial charge in [-0.05, 0) is 33.6 Å². The van der Waals surface area contributed by atoms with Gasteiger partial charge >= 0.3 is 0 Å². The Bertz CT molecular complexity index is 635. The molecule has 0 unspecified atom stereocenters. The van der Waals surface area contributed by atoms with Gasteiger partial charge in [0.25, 0.3) is 0 Å². The van der Waals surface area contributed by atoms with Gasteiger partial charge in [-0.15, -0.1) is 0 Å². The van der Waals surface area contributed by atoms with Crippen LogP contribution in [0.15, 0.2) is 10.7 Å². The minimum atomic E-state index is 0.190. The van der Waals surface area contributed by atoms with Crippen LogP contribution in [0.4, 0.5) is 0 Å². The summed E-state index contributed by atoms with van der Waals surface area (Å²) in [5.41, 5.74) is 1.72. The molecule has 1 aliphatic rings. The van der Waals surface area contributed by atoms with Gasteiger partial charge in [0.2, 0.25) is 11.8 Å². The topological polar surface area (TPSA) is 77.2 Å². The molecule has 0 N–H and O–H groups in total. The Morgan fingerprint density at radius 2 is 2.00 bits per heavy atom. The number of likely N-dealkylation sites (tertiary alicyclic amines) is 1. The lowest BCUT2D eigenvalue weighted by molar-refractivity contribution is 0.0861. The van der Waals surface area contributed by atoms with Crippen LogP contribution in [0.1, 0.15) is 35.9 Å². The molecule has 0 radical (unpaired) electrons. The number of piperidine rings is 1. The molecule has 3 rings (SSSR count). The van der Waals surface area contributed by atoms with Crippen LogP contribution in [0.2, 0.25) is 0 Å². The van der Waals surface area contributed by atoms with Gasteiger partial charge < -0.3 is 9.26 Å². The van der Waals surface area contributed by atoms with Crippen LogP contribution in [-0.4, -0.2) is 44.2 Å². The molecule has 2 aromatic rings. The number of hydrogen-bond acceptors (Lipinski definition) is 7. The molecule has 0 aliphatic carbocycles. The van der Waals surface area contributed by atoms with Crippen LogP contribution in [0.3, 0.4) is 0 Å². The van der Waals surface area contributed by atoms with Crippen molar-refractivity contribution < 1.29 is 9.26 Å². The van der Waals surface area contributed by atoms with Crippen molar-refractivity contribution in [1.29, 1.82) is 0 Å². The number of aromatic nitrogens is 4. The van der Waals surface area contributed by atoms with E-state index in [-0.39, 0.29) is 6.10 Å². The molecule has 1 fully saturated rings. The van der Waals surface area contributed by atoms with Crippen LogP contribution in [-0.2, 0) is 6.54 Å². The van der Waals surface area contributed by atoms with E-state index >= 15 is 0 Å². The van der Waals surface area contributed by atoms with Crippen molar-refractivity contribution >= 4 is 0 Å². The highest BCUT2D eigenvalue weighted by Gasteiger charge is 2.23. The Balaban J connectivity index is 1.52. The highest BCUT2D eigenvalue weighted by molar-refractivity contribution is 5.18. The summed E-state index contributed by atoms with van der Waals surface area (Å²) < 4.78 is 11.2. The first-order valence-corrected chi connectivity index (χ1v) is 7.58. The minimum Gasteiger partial charge on any atom is -0.473 e. The molecule has 0 bridgehead atoms. The molecule has 7 heteroatoms. The number of rotatable bonds is 4. The average Bonchev–Trinajstić information content (AvgIpc) is 2.90. The average molecular weight is 303 g/mol. The second-order valence-corrected chi connectivity index (χ2v) is 5.73. The Hall–Kier alpha value is -2.02. The molecule has 3 heterocycles. The SMILES string of the molecule is Cc1cnc(C)c(OC2CCN(Cc3nc(C)no3)CC2)n1. The van der Waals surface area contributed by atoms with Crippen LogP contribution in [0.25, 0.3) is 0 Å². The summed E-state index contributed by atoms with van der Waals surface area (Å²) in [6, 6.07) is 0. The van der Waals surface area contributed by atoms with E-state index in [4.69, 9.17) is 9.26 Å². The summed E-state index contributed by atoms with van der Waals surface area (Å²) in [5.74, 6) is 2.02. The molecule has 22 heavy (non-hydrogen) atoms. The zero-order chi connectivity index (χ0) is 15.5. The summed E-state index contributed by atoms with van der Waals surface area (Å²) in [4.78, 5) is 15.3.